The number of ether oxygens (including phenoxy) is 2. The molecule has 100 valence electrons. The molecule has 0 aromatic rings. The number of rotatable bonds is 5. The molecule has 0 bridgehead atoms. The second kappa shape index (κ2) is 6.36. The first-order chi connectivity index (χ1) is 7.88. The Hall–Kier alpha value is -0.610. The fourth-order valence-corrected chi connectivity index (χ4v) is 1.75. The molecule has 0 saturated carbocycles. The topological polar surface area (TPSA) is 47.6 Å². The highest BCUT2D eigenvalue weighted by Gasteiger charge is 2.22. The number of nitrogens with one attached hydrogen (secondary N) is 1. The van der Waals surface area contributed by atoms with Crippen molar-refractivity contribution in [1.82, 2.24) is 5.32 Å². The monoisotopic (exact) mass is 243 g/mol. The predicted molar refractivity (Wildman–Crippen MR) is 66.9 cm³/mol. The molecule has 1 heterocycles. The summed E-state index contributed by atoms with van der Waals surface area (Å²) in [4.78, 5) is 11.7. The normalized spacial score (nSPS) is 22.5. The predicted octanol–water partition coefficient (Wildman–Crippen LogP) is 1.73. The molecule has 4 heteroatoms. The summed E-state index contributed by atoms with van der Waals surface area (Å²) in [6.45, 7) is 9.89. The first-order valence-corrected chi connectivity index (χ1v) is 6.43. The van der Waals surface area contributed by atoms with Crippen LogP contribution in [-0.2, 0) is 14.3 Å². The van der Waals surface area contributed by atoms with Crippen molar-refractivity contribution >= 4 is 5.97 Å². The number of hydrogen-bond donors (Lipinski definition) is 1. The van der Waals surface area contributed by atoms with Gasteiger partial charge in [0.15, 0.2) is 0 Å². The molecule has 1 aliphatic heterocycles. The molecule has 1 fully saturated rings. The van der Waals surface area contributed by atoms with Gasteiger partial charge in [-0.25, -0.2) is 0 Å². The van der Waals surface area contributed by atoms with Gasteiger partial charge >= 0.3 is 5.97 Å². The van der Waals surface area contributed by atoms with Crippen molar-refractivity contribution in [3.63, 3.8) is 0 Å². The van der Waals surface area contributed by atoms with Crippen LogP contribution in [0.4, 0.5) is 0 Å². The molecule has 2 atom stereocenters. The molecule has 0 spiro atoms. The highest BCUT2D eigenvalue weighted by molar-refractivity contribution is 5.72. The average molecular weight is 243 g/mol. The standard InChI is InChI=1S/C13H25NO3/c1-10(12(15)17-13(2,3)4)8-14-9-11-6-5-7-16-11/h10-11,14H,5-9H2,1-4H3/t10-,11+/m1/s1. The average Bonchev–Trinajstić information content (AvgIpc) is 2.67. The van der Waals surface area contributed by atoms with E-state index in [-0.39, 0.29) is 11.9 Å². The van der Waals surface area contributed by atoms with E-state index in [4.69, 9.17) is 9.47 Å². The van der Waals surface area contributed by atoms with Gasteiger partial charge in [0.1, 0.15) is 5.60 Å². The molecule has 4 nitrogen and oxygen atoms in total. The molecule has 1 N–H and O–H groups in total. The van der Waals surface area contributed by atoms with Gasteiger partial charge in [0.2, 0.25) is 0 Å². The summed E-state index contributed by atoms with van der Waals surface area (Å²) in [5.74, 6) is -0.257. The minimum Gasteiger partial charge on any atom is -0.460 e. The number of carbonyl (C=O) groups excluding carboxylic acids is 1. The van der Waals surface area contributed by atoms with Gasteiger partial charge in [-0.2, -0.15) is 0 Å². The third-order valence-electron chi connectivity index (χ3n) is 2.66. The van der Waals surface area contributed by atoms with E-state index in [1.807, 2.05) is 27.7 Å². The Bertz CT molecular complexity index is 242. The van der Waals surface area contributed by atoms with Crippen LogP contribution in [0.3, 0.4) is 0 Å². The van der Waals surface area contributed by atoms with E-state index < -0.39 is 5.60 Å². The van der Waals surface area contributed by atoms with Crippen LogP contribution in [0.1, 0.15) is 40.5 Å². The smallest absolute Gasteiger partial charge is 0.310 e. The summed E-state index contributed by atoms with van der Waals surface area (Å²) in [7, 11) is 0. The van der Waals surface area contributed by atoms with Crippen LogP contribution < -0.4 is 5.32 Å². The maximum atomic E-state index is 11.7. The number of carbonyl (C=O) groups is 1. The van der Waals surface area contributed by atoms with E-state index in [0.29, 0.717) is 12.6 Å². The van der Waals surface area contributed by atoms with Crippen molar-refractivity contribution in [1.29, 1.82) is 0 Å². The zero-order valence-electron chi connectivity index (χ0n) is 11.4. The molecule has 1 saturated heterocycles. The first-order valence-electron chi connectivity index (χ1n) is 6.43. The van der Waals surface area contributed by atoms with Crippen LogP contribution in [0.2, 0.25) is 0 Å². The number of esters is 1. The zero-order valence-corrected chi connectivity index (χ0v) is 11.4. The van der Waals surface area contributed by atoms with Crippen LogP contribution in [0, 0.1) is 5.92 Å². The summed E-state index contributed by atoms with van der Waals surface area (Å²) in [5, 5.41) is 3.27. The van der Waals surface area contributed by atoms with Gasteiger partial charge in [0.25, 0.3) is 0 Å². The van der Waals surface area contributed by atoms with E-state index in [1.165, 1.54) is 0 Å². The molecule has 0 unspecified atom stereocenters. The van der Waals surface area contributed by atoms with E-state index in [9.17, 15) is 4.79 Å². The molecule has 0 radical (unpaired) electrons. The number of hydrogen-bond acceptors (Lipinski definition) is 4. The van der Waals surface area contributed by atoms with Crippen molar-refractivity contribution < 1.29 is 14.3 Å². The van der Waals surface area contributed by atoms with Gasteiger partial charge in [-0.05, 0) is 33.6 Å². The SMILES string of the molecule is C[C@H](CNC[C@@H]1CCCO1)C(=O)OC(C)(C)C. The lowest BCUT2D eigenvalue weighted by molar-refractivity contribution is -0.159. The second-order valence-electron chi connectivity index (χ2n) is 5.73. The van der Waals surface area contributed by atoms with E-state index in [1.54, 1.807) is 0 Å². The van der Waals surface area contributed by atoms with E-state index >= 15 is 0 Å². The lowest BCUT2D eigenvalue weighted by Crippen LogP contribution is -2.35. The van der Waals surface area contributed by atoms with Gasteiger partial charge in [0, 0.05) is 19.7 Å². The molecule has 1 rings (SSSR count). The molecule has 1 aliphatic rings. The van der Waals surface area contributed by atoms with E-state index in [0.717, 1.165) is 26.0 Å². The fraction of sp³-hybridized carbons (Fsp3) is 0.923. The summed E-state index contributed by atoms with van der Waals surface area (Å²) >= 11 is 0. The van der Waals surface area contributed by atoms with Crippen LogP contribution in [0.25, 0.3) is 0 Å². The minimum atomic E-state index is -0.403. The lowest BCUT2D eigenvalue weighted by atomic mass is 10.1. The van der Waals surface area contributed by atoms with Crippen molar-refractivity contribution in [3.05, 3.63) is 0 Å². The van der Waals surface area contributed by atoms with E-state index in [2.05, 4.69) is 5.32 Å². The molecule has 0 aromatic heterocycles. The van der Waals surface area contributed by atoms with Gasteiger partial charge in [-0.3, -0.25) is 4.79 Å². The maximum absolute atomic E-state index is 11.7. The van der Waals surface area contributed by atoms with Crippen LogP contribution in [-0.4, -0.2) is 37.4 Å². The highest BCUT2D eigenvalue weighted by atomic mass is 16.6. The Morgan fingerprint density at radius 2 is 2.24 bits per heavy atom. The Kier molecular flexibility index (Phi) is 5.40. The molecule has 0 aliphatic carbocycles. The van der Waals surface area contributed by atoms with Crippen LogP contribution in [0.5, 0.6) is 0 Å². The molecular formula is C13H25NO3. The molecular weight excluding hydrogens is 218 g/mol. The summed E-state index contributed by atoms with van der Waals surface area (Å²) in [6.07, 6.45) is 2.59. The van der Waals surface area contributed by atoms with Gasteiger partial charge in [0.05, 0.1) is 12.0 Å². The third kappa shape index (κ3) is 6.03. The van der Waals surface area contributed by atoms with Crippen LogP contribution in [0.15, 0.2) is 0 Å². The van der Waals surface area contributed by atoms with Crippen molar-refractivity contribution in [2.75, 3.05) is 19.7 Å². The van der Waals surface area contributed by atoms with Crippen molar-refractivity contribution in [3.8, 4) is 0 Å². The Morgan fingerprint density at radius 1 is 1.53 bits per heavy atom. The molecule has 17 heavy (non-hydrogen) atoms. The van der Waals surface area contributed by atoms with Gasteiger partial charge in [-0.15, -0.1) is 0 Å². The molecule has 0 amide bonds. The first kappa shape index (κ1) is 14.5. The minimum absolute atomic E-state index is 0.115. The maximum Gasteiger partial charge on any atom is 0.310 e. The second-order valence-corrected chi connectivity index (χ2v) is 5.73. The quantitative estimate of drug-likeness (QED) is 0.747. The third-order valence-corrected chi connectivity index (χ3v) is 2.66. The largest absolute Gasteiger partial charge is 0.460 e. The van der Waals surface area contributed by atoms with Gasteiger partial charge in [-0.1, -0.05) is 6.92 Å². The molecule has 0 aromatic carbocycles. The zero-order chi connectivity index (χ0) is 12.9. The highest BCUT2D eigenvalue weighted by Crippen LogP contribution is 2.12. The summed E-state index contributed by atoms with van der Waals surface area (Å²) in [6, 6.07) is 0. The lowest BCUT2D eigenvalue weighted by Gasteiger charge is -2.22. The Morgan fingerprint density at radius 3 is 2.76 bits per heavy atom. The van der Waals surface area contributed by atoms with Crippen LogP contribution >= 0.6 is 0 Å². The Labute approximate surface area is 104 Å². The van der Waals surface area contributed by atoms with Gasteiger partial charge < -0.3 is 14.8 Å². The van der Waals surface area contributed by atoms with Crippen molar-refractivity contribution in [2.45, 2.75) is 52.2 Å². The van der Waals surface area contributed by atoms with Crippen molar-refractivity contribution in [2.24, 2.45) is 5.92 Å². The fourth-order valence-electron chi connectivity index (χ4n) is 1.75. The summed E-state index contributed by atoms with van der Waals surface area (Å²) < 4.78 is 10.8. The Balaban J connectivity index is 2.15. The summed E-state index contributed by atoms with van der Waals surface area (Å²) in [5.41, 5.74) is -0.403.